The number of non-ortho nitro benzene ring substituents is 1. The van der Waals surface area contributed by atoms with Crippen LogP contribution in [0.2, 0.25) is 0 Å². The van der Waals surface area contributed by atoms with Crippen molar-refractivity contribution in [1.82, 2.24) is 0 Å². The average Bonchev–Trinajstić information content (AvgIpc) is 2.67. The molecule has 3 aromatic rings. The number of nitro benzene ring substituents is 1. The second-order valence-corrected chi connectivity index (χ2v) is 9.32. The van der Waals surface area contributed by atoms with Crippen molar-refractivity contribution in [2.75, 3.05) is 12.8 Å². The number of aliphatic hydroxyl groups excluding tert-OH is 1. The molecule has 0 aliphatic carbocycles. The van der Waals surface area contributed by atoms with E-state index in [0.717, 1.165) is 15.9 Å². The Morgan fingerprint density at radius 3 is 1.58 bits per heavy atom. The number of hydrogen-bond donors (Lipinski definition) is 1. The molecule has 0 bridgehead atoms. The molecule has 1 N–H and O–H groups in total. The summed E-state index contributed by atoms with van der Waals surface area (Å²) in [6, 6.07) is 27.0. The summed E-state index contributed by atoms with van der Waals surface area (Å²) in [5.41, 5.74) is 0.0759. The lowest BCUT2D eigenvalue weighted by atomic mass is 10.3. The molecular weight excluding hydrogens is 413 g/mol. The second-order valence-electron chi connectivity index (χ2n) is 5.70. The van der Waals surface area contributed by atoms with Gasteiger partial charge in [0.05, 0.1) is 17.7 Å². The summed E-state index contributed by atoms with van der Waals surface area (Å²) in [6.07, 6.45) is 0.596. The van der Waals surface area contributed by atoms with Crippen LogP contribution in [0.15, 0.2) is 84.9 Å². The predicted octanol–water partition coefficient (Wildman–Crippen LogP) is -0.115. The van der Waals surface area contributed by atoms with Crippen LogP contribution in [0, 0.1) is 10.1 Å². The molecule has 0 saturated heterocycles. The molecule has 6 heteroatoms. The van der Waals surface area contributed by atoms with Gasteiger partial charge in [-0.05, 0) is 36.4 Å². The molecule has 4 nitrogen and oxygen atoms in total. The molecule has 0 radical (unpaired) electrons. The number of rotatable bonds is 6. The Hall–Kier alpha value is -2.07. The lowest BCUT2D eigenvalue weighted by Crippen LogP contribution is -3.00. The summed E-state index contributed by atoms with van der Waals surface area (Å²) in [4.78, 5) is 10.6. The molecule has 0 saturated carbocycles. The molecule has 0 atom stereocenters. The van der Waals surface area contributed by atoms with Crippen LogP contribution in [-0.4, -0.2) is 22.8 Å². The normalized spacial score (nSPS) is 10.8. The molecule has 3 rings (SSSR count). The van der Waals surface area contributed by atoms with Gasteiger partial charge < -0.3 is 22.1 Å². The minimum Gasteiger partial charge on any atom is -1.00 e. The van der Waals surface area contributed by atoms with Gasteiger partial charge in [0.15, 0.2) is 0 Å². The van der Waals surface area contributed by atoms with Gasteiger partial charge in [-0.1, -0.05) is 36.4 Å². The van der Waals surface area contributed by atoms with Crippen LogP contribution in [0.5, 0.6) is 0 Å². The third kappa shape index (κ3) is 3.85. The van der Waals surface area contributed by atoms with Crippen molar-refractivity contribution in [3.63, 3.8) is 0 Å². The van der Waals surface area contributed by atoms with Crippen LogP contribution in [0.4, 0.5) is 5.69 Å². The summed E-state index contributed by atoms with van der Waals surface area (Å²) in [5.74, 6) is 0. The fourth-order valence-electron chi connectivity index (χ4n) is 3.18. The van der Waals surface area contributed by atoms with Gasteiger partial charge in [-0.3, -0.25) is 10.1 Å². The van der Waals surface area contributed by atoms with Crippen molar-refractivity contribution in [2.24, 2.45) is 0 Å². The zero-order valence-corrected chi connectivity index (χ0v) is 16.5. The SMILES string of the molecule is O=[N+]([O-])c1ccc([P+](CCO)(c2ccccc2)c2ccccc2)cc1.[Br-]. The third-order valence-corrected chi connectivity index (χ3v) is 8.74. The molecule has 3 aromatic carbocycles. The summed E-state index contributed by atoms with van der Waals surface area (Å²) < 4.78 is 0. The van der Waals surface area contributed by atoms with Crippen molar-refractivity contribution < 1.29 is 27.0 Å². The van der Waals surface area contributed by atoms with Crippen LogP contribution >= 0.6 is 7.26 Å². The number of benzene rings is 3. The topological polar surface area (TPSA) is 63.4 Å². The molecule has 134 valence electrons. The van der Waals surface area contributed by atoms with E-state index in [1.807, 2.05) is 48.5 Å². The summed E-state index contributed by atoms with van der Waals surface area (Å²) >= 11 is 0. The molecule has 0 heterocycles. The largest absolute Gasteiger partial charge is 1.00 e. The van der Waals surface area contributed by atoms with Crippen LogP contribution in [0.25, 0.3) is 0 Å². The first-order valence-corrected chi connectivity index (χ1v) is 10.0. The van der Waals surface area contributed by atoms with Gasteiger partial charge in [-0.15, -0.1) is 0 Å². The maximum Gasteiger partial charge on any atom is 0.269 e. The molecule has 0 fully saturated rings. The Morgan fingerprint density at radius 2 is 1.19 bits per heavy atom. The Kier molecular flexibility index (Phi) is 7.04. The maximum atomic E-state index is 11.0. The molecule has 0 aliphatic heterocycles. The van der Waals surface area contributed by atoms with Crippen molar-refractivity contribution in [3.05, 3.63) is 95.0 Å². The van der Waals surface area contributed by atoms with E-state index in [1.165, 1.54) is 0 Å². The summed E-state index contributed by atoms with van der Waals surface area (Å²) in [5, 5.41) is 24.2. The summed E-state index contributed by atoms with van der Waals surface area (Å²) in [6.45, 7) is 0.0502. The molecule has 0 aliphatic rings. The van der Waals surface area contributed by atoms with E-state index in [4.69, 9.17) is 0 Å². The van der Waals surface area contributed by atoms with Crippen molar-refractivity contribution >= 4 is 28.9 Å². The van der Waals surface area contributed by atoms with E-state index in [0.29, 0.717) is 6.16 Å². The molecular formula is C20H19BrNO3P. The quantitative estimate of drug-likeness (QED) is 0.336. The molecule has 0 unspecified atom stereocenters. The minimum atomic E-state index is -2.08. The van der Waals surface area contributed by atoms with E-state index in [1.54, 1.807) is 12.1 Å². The van der Waals surface area contributed by atoms with Gasteiger partial charge in [0.2, 0.25) is 0 Å². The van der Waals surface area contributed by atoms with Gasteiger partial charge in [-0.2, -0.15) is 0 Å². The zero-order chi connectivity index (χ0) is 17.7. The van der Waals surface area contributed by atoms with E-state index < -0.39 is 7.26 Å². The van der Waals surface area contributed by atoms with Gasteiger partial charge >= 0.3 is 0 Å². The van der Waals surface area contributed by atoms with Crippen LogP contribution in [0.3, 0.4) is 0 Å². The van der Waals surface area contributed by atoms with Gasteiger partial charge in [0.1, 0.15) is 23.2 Å². The highest BCUT2D eigenvalue weighted by Crippen LogP contribution is 2.54. The molecule has 0 aromatic heterocycles. The first-order chi connectivity index (χ1) is 12.2. The Labute approximate surface area is 163 Å². The highest BCUT2D eigenvalue weighted by atomic mass is 79.9. The van der Waals surface area contributed by atoms with Crippen molar-refractivity contribution in [2.45, 2.75) is 0 Å². The van der Waals surface area contributed by atoms with Crippen LogP contribution < -0.4 is 32.9 Å². The molecule has 26 heavy (non-hydrogen) atoms. The lowest BCUT2D eigenvalue weighted by molar-refractivity contribution is -0.384. The minimum absolute atomic E-state index is 0. The predicted molar refractivity (Wildman–Crippen MR) is 104 cm³/mol. The first-order valence-electron chi connectivity index (χ1n) is 8.03. The highest BCUT2D eigenvalue weighted by molar-refractivity contribution is 7.95. The number of aliphatic hydroxyl groups is 1. The zero-order valence-electron chi connectivity index (χ0n) is 14.0. The van der Waals surface area contributed by atoms with Crippen molar-refractivity contribution in [1.29, 1.82) is 0 Å². The maximum absolute atomic E-state index is 11.0. The van der Waals surface area contributed by atoms with E-state index >= 15 is 0 Å². The monoisotopic (exact) mass is 431 g/mol. The smallest absolute Gasteiger partial charge is 0.269 e. The third-order valence-electron chi connectivity index (χ3n) is 4.33. The van der Waals surface area contributed by atoms with E-state index in [-0.39, 0.29) is 34.2 Å². The van der Waals surface area contributed by atoms with Gasteiger partial charge in [0, 0.05) is 12.1 Å². The fraction of sp³-hybridized carbons (Fsp3) is 0.100. The van der Waals surface area contributed by atoms with Crippen molar-refractivity contribution in [3.8, 4) is 0 Å². The first kappa shape index (κ1) is 20.2. The Balaban J connectivity index is 0.00000243. The number of nitro groups is 1. The van der Waals surface area contributed by atoms with E-state index in [2.05, 4.69) is 24.3 Å². The average molecular weight is 432 g/mol. The summed E-state index contributed by atoms with van der Waals surface area (Å²) in [7, 11) is -2.08. The Morgan fingerprint density at radius 1 is 0.769 bits per heavy atom. The number of halogens is 1. The van der Waals surface area contributed by atoms with Gasteiger partial charge in [-0.25, -0.2) is 0 Å². The lowest BCUT2D eigenvalue weighted by Gasteiger charge is -2.26. The fourth-order valence-corrected chi connectivity index (χ4v) is 7.17. The molecule has 0 amide bonds. The molecule has 0 spiro atoms. The highest BCUT2D eigenvalue weighted by Gasteiger charge is 2.44. The van der Waals surface area contributed by atoms with Gasteiger partial charge in [0.25, 0.3) is 5.69 Å². The Bertz CT molecular complexity index is 802. The second kappa shape index (κ2) is 9.04. The van der Waals surface area contributed by atoms with Crippen LogP contribution in [0.1, 0.15) is 0 Å². The number of hydrogen-bond acceptors (Lipinski definition) is 3. The standard InChI is InChI=1S/C20H19NO3P.BrH/c22-15-16-25(18-7-3-1-4-8-18,19-9-5-2-6-10-19)20-13-11-17(12-14-20)21(23)24;/h1-14,22H,15-16H2;1H/q+1;/p-1. The van der Waals surface area contributed by atoms with Crippen LogP contribution in [-0.2, 0) is 0 Å². The number of nitrogens with zero attached hydrogens (tertiary/aromatic N) is 1. The van der Waals surface area contributed by atoms with E-state index in [9.17, 15) is 15.2 Å².